The van der Waals surface area contributed by atoms with Crippen LogP contribution < -0.4 is 5.73 Å². The van der Waals surface area contributed by atoms with Gasteiger partial charge in [-0.2, -0.15) is 0 Å². The first kappa shape index (κ1) is 21.7. The summed E-state index contributed by atoms with van der Waals surface area (Å²) in [4.78, 5) is 28.9. The second kappa shape index (κ2) is 9.57. The van der Waals surface area contributed by atoms with Gasteiger partial charge in [0, 0.05) is 37.8 Å². The fourth-order valence-corrected chi connectivity index (χ4v) is 3.32. The highest BCUT2D eigenvalue weighted by molar-refractivity contribution is 5.94. The number of piperazine rings is 1. The number of hydrogen-bond acceptors (Lipinski definition) is 4. The average Bonchev–Trinajstić information content (AvgIpc) is 2.73. The fourth-order valence-electron chi connectivity index (χ4n) is 3.32. The number of carbonyl (C=O) groups is 2. The van der Waals surface area contributed by atoms with Gasteiger partial charge in [-0.05, 0) is 29.8 Å². The van der Waals surface area contributed by atoms with Crippen LogP contribution in [0.25, 0.3) is 0 Å². The second-order valence-corrected chi connectivity index (χ2v) is 6.89. The lowest BCUT2D eigenvalue weighted by Crippen LogP contribution is -2.52. The predicted octanol–water partition coefficient (Wildman–Crippen LogP) is 2.43. The minimum absolute atomic E-state index is 0. The first-order valence-electron chi connectivity index (χ1n) is 9.15. The molecule has 2 atom stereocenters. The topological polar surface area (TPSA) is 86.9 Å². The van der Waals surface area contributed by atoms with Crippen LogP contribution in [0.2, 0.25) is 0 Å². The largest absolute Gasteiger partial charge is 0.508 e. The number of phenols is 1. The summed E-state index contributed by atoms with van der Waals surface area (Å²) < 4.78 is 0. The van der Waals surface area contributed by atoms with Crippen molar-refractivity contribution in [2.24, 2.45) is 11.7 Å². The van der Waals surface area contributed by atoms with Gasteiger partial charge in [-0.15, -0.1) is 12.4 Å². The monoisotopic (exact) mass is 403 g/mol. The number of nitrogens with zero attached hydrogens (tertiary/aromatic N) is 2. The van der Waals surface area contributed by atoms with E-state index in [4.69, 9.17) is 5.73 Å². The molecule has 2 unspecified atom stereocenters. The van der Waals surface area contributed by atoms with Gasteiger partial charge in [-0.3, -0.25) is 9.59 Å². The van der Waals surface area contributed by atoms with Gasteiger partial charge in [0.15, 0.2) is 0 Å². The first-order valence-corrected chi connectivity index (χ1v) is 9.15. The molecule has 2 aromatic rings. The zero-order chi connectivity index (χ0) is 19.4. The van der Waals surface area contributed by atoms with Crippen LogP contribution in [0.4, 0.5) is 0 Å². The van der Waals surface area contributed by atoms with Crippen LogP contribution in [0.3, 0.4) is 0 Å². The minimum Gasteiger partial charge on any atom is -0.508 e. The van der Waals surface area contributed by atoms with E-state index in [1.165, 1.54) is 12.1 Å². The molecule has 0 bridgehead atoms. The van der Waals surface area contributed by atoms with Crippen LogP contribution in [0.1, 0.15) is 28.9 Å². The van der Waals surface area contributed by atoms with E-state index in [1.807, 2.05) is 37.3 Å². The normalized spacial score (nSPS) is 16.1. The minimum atomic E-state index is -0.352. The molecule has 1 fully saturated rings. The van der Waals surface area contributed by atoms with Crippen molar-refractivity contribution in [3.8, 4) is 5.75 Å². The van der Waals surface area contributed by atoms with E-state index in [9.17, 15) is 14.7 Å². The fraction of sp³-hybridized carbons (Fsp3) is 0.333. The highest BCUT2D eigenvalue weighted by Crippen LogP contribution is 2.22. The Labute approximate surface area is 171 Å². The Bertz CT molecular complexity index is 790. The zero-order valence-electron chi connectivity index (χ0n) is 15.8. The molecule has 7 heteroatoms. The molecule has 2 amide bonds. The second-order valence-electron chi connectivity index (χ2n) is 6.89. The molecular weight excluding hydrogens is 378 g/mol. The number of rotatable bonds is 4. The van der Waals surface area contributed by atoms with Crippen LogP contribution >= 0.6 is 12.4 Å². The standard InChI is InChI=1S/C21H25N3O3.ClH/c1-15(19(22)16-5-3-2-4-6-16)20(26)23-11-13-24(14-12-23)21(27)17-7-9-18(25)10-8-17;/h2-10,15,19,25H,11-14,22H2,1H3;1H. The van der Waals surface area contributed by atoms with E-state index < -0.39 is 0 Å². The van der Waals surface area contributed by atoms with Crippen LogP contribution in [0.15, 0.2) is 54.6 Å². The number of nitrogens with two attached hydrogens (primary N) is 1. The molecule has 150 valence electrons. The molecule has 1 heterocycles. The Morgan fingerprint density at radius 3 is 2.04 bits per heavy atom. The molecule has 0 radical (unpaired) electrons. The summed E-state index contributed by atoms with van der Waals surface area (Å²) in [5.41, 5.74) is 7.76. The number of aromatic hydroxyl groups is 1. The number of phenolic OH excluding ortho intramolecular Hbond substituents is 1. The van der Waals surface area contributed by atoms with Gasteiger partial charge < -0.3 is 20.6 Å². The SMILES string of the molecule is CC(C(=O)N1CCN(C(=O)c2ccc(O)cc2)CC1)C(N)c1ccccc1.Cl. The van der Waals surface area contributed by atoms with Crippen molar-refractivity contribution in [2.75, 3.05) is 26.2 Å². The molecule has 1 saturated heterocycles. The van der Waals surface area contributed by atoms with Crippen molar-refractivity contribution < 1.29 is 14.7 Å². The highest BCUT2D eigenvalue weighted by atomic mass is 35.5. The molecule has 0 aromatic heterocycles. The number of halogens is 1. The summed E-state index contributed by atoms with van der Waals surface area (Å²) >= 11 is 0. The van der Waals surface area contributed by atoms with Gasteiger partial charge in [0.25, 0.3) is 5.91 Å². The molecule has 28 heavy (non-hydrogen) atoms. The summed E-state index contributed by atoms with van der Waals surface area (Å²) in [6.07, 6.45) is 0. The predicted molar refractivity (Wildman–Crippen MR) is 110 cm³/mol. The van der Waals surface area contributed by atoms with Crippen molar-refractivity contribution in [1.29, 1.82) is 0 Å². The maximum atomic E-state index is 12.8. The molecule has 3 N–H and O–H groups in total. The molecule has 3 rings (SSSR count). The highest BCUT2D eigenvalue weighted by Gasteiger charge is 2.30. The summed E-state index contributed by atoms with van der Waals surface area (Å²) in [6, 6.07) is 15.5. The molecule has 1 aliphatic rings. The summed E-state index contributed by atoms with van der Waals surface area (Å²) in [5, 5.41) is 9.34. The van der Waals surface area contributed by atoms with E-state index in [-0.39, 0.29) is 41.9 Å². The van der Waals surface area contributed by atoms with Crippen LogP contribution in [-0.2, 0) is 4.79 Å². The summed E-state index contributed by atoms with van der Waals surface area (Å²) in [7, 11) is 0. The van der Waals surface area contributed by atoms with Gasteiger partial charge in [0.05, 0.1) is 5.92 Å². The molecule has 6 nitrogen and oxygen atoms in total. The van der Waals surface area contributed by atoms with Crippen molar-refractivity contribution in [3.63, 3.8) is 0 Å². The molecule has 0 spiro atoms. The Morgan fingerprint density at radius 1 is 0.929 bits per heavy atom. The van der Waals surface area contributed by atoms with Crippen molar-refractivity contribution in [1.82, 2.24) is 9.80 Å². The van der Waals surface area contributed by atoms with E-state index in [1.54, 1.807) is 21.9 Å². The Kier molecular flexibility index (Phi) is 7.43. The third kappa shape index (κ3) is 4.82. The molecular formula is C21H26ClN3O3. The maximum absolute atomic E-state index is 12.8. The smallest absolute Gasteiger partial charge is 0.253 e. The Balaban J connectivity index is 0.00000280. The van der Waals surface area contributed by atoms with E-state index in [0.29, 0.717) is 31.7 Å². The molecule has 0 saturated carbocycles. The van der Waals surface area contributed by atoms with Gasteiger partial charge >= 0.3 is 0 Å². The Morgan fingerprint density at radius 2 is 1.46 bits per heavy atom. The van der Waals surface area contributed by atoms with Crippen molar-refractivity contribution in [2.45, 2.75) is 13.0 Å². The van der Waals surface area contributed by atoms with Gasteiger partial charge in [0.1, 0.15) is 5.75 Å². The Hall–Kier alpha value is -2.57. The van der Waals surface area contributed by atoms with Crippen LogP contribution in [-0.4, -0.2) is 52.9 Å². The average molecular weight is 404 g/mol. The third-order valence-corrected chi connectivity index (χ3v) is 5.11. The quantitative estimate of drug-likeness (QED) is 0.820. The van der Waals surface area contributed by atoms with Crippen LogP contribution in [0, 0.1) is 5.92 Å². The number of benzene rings is 2. The summed E-state index contributed by atoms with van der Waals surface area (Å²) in [6.45, 7) is 3.81. The van der Waals surface area contributed by atoms with Crippen molar-refractivity contribution >= 4 is 24.2 Å². The number of hydrogen-bond donors (Lipinski definition) is 2. The lowest BCUT2D eigenvalue weighted by Gasteiger charge is -2.37. The van der Waals surface area contributed by atoms with Gasteiger partial charge in [0.2, 0.25) is 5.91 Å². The number of carbonyl (C=O) groups excluding carboxylic acids is 2. The summed E-state index contributed by atoms with van der Waals surface area (Å²) in [5.74, 6) is -0.267. The van der Waals surface area contributed by atoms with Gasteiger partial charge in [-0.1, -0.05) is 37.3 Å². The first-order chi connectivity index (χ1) is 13.0. The zero-order valence-corrected chi connectivity index (χ0v) is 16.6. The van der Waals surface area contributed by atoms with Crippen LogP contribution in [0.5, 0.6) is 5.75 Å². The van der Waals surface area contributed by atoms with Crippen molar-refractivity contribution in [3.05, 3.63) is 65.7 Å². The number of amides is 2. The third-order valence-electron chi connectivity index (χ3n) is 5.11. The maximum Gasteiger partial charge on any atom is 0.253 e. The molecule has 1 aliphatic heterocycles. The van der Waals surface area contributed by atoms with E-state index in [0.717, 1.165) is 5.56 Å². The molecule has 0 aliphatic carbocycles. The lowest BCUT2D eigenvalue weighted by molar-refractivity contribution is -0.137. The van der Waals surface area contributed by atoms with E-state index >= 15 is 0 Å². The van der Waals surface area contributed by atoms with E-state index in [2.05, 4.69) is 0 Å². The molecule has 2 aromatic carbocycles. The van der Waals surface area contributed by atoms with Gasteiger partial charge in [-0.25, -0.2) is 0 Å². The lowest BCUT2D eigenvalue weighted by atomic mass is 9.94.